The molecule has 1 aliphatic heterocycles. The van der Waals surface area contributed by atoms with Crippen molar-refractivity contribution in [1.29, 1.82) is 0 Å². The minimum atomic E-state index is -1.21. The summed E-state index contributed by atoms with van der Waals surface area (Å²) in [6.07, 6.45) is 1.81. The highest BCUT2D eigenvalue weighted by molar-refractivity contribution is 6.35. The van der Waals surface area contributed by atoms with Gasteiger partial charge in [-0.2, -0.15) is 0 Å². The SMILES string of the molecule is CC(=O)C(=O)OC1(c2cc(F)c(Cl)c3ccoc23)CCN(Cc2ccccc2)CC1C. The van der Waals surface area contributed by atoms with Crippen molar-refractivity contribution in [3.05, 3.63) is 70.7 Å². The first kappa shape index (κ1) is 21.5. The average Bonchev–Trinajstić information content (AvgIpc) is 3.23. The van der Waals surface area contributed by atoms with Crippen molar-refractivity contribution < 1.29 is 23.1 Å². The summed E-state index contributed by atoms with van der Waals surface area (Å²) < 4.78 is 26.2. The Labute approximate surface area is 184 Å². The number of piperidine rings is 1. The van der Waals surface area contributed by atoms with Crippen LogP contribution in [0.2, 0.25) is 5.02 Å². The molecule has 1 fully saturated rings. The molecule has 0 spiro atoms. The first-order valence-corrected chi connectivity index (χ1v) is 10.6. The molecule has 0 saturated carbocycles. The molecule has 0 aliphatic carbocycles. The number of benzene rings is 2. The van der Waals surface area contributed by atoms with E-state index in [1.165, 1.54) is 17.9 Å². The minimum Gasteiger partial charge on any atom is -0.464 e. The number of esters is 1. The van der Waals surface area contributed by atoms with Gasteiger partial charge in [-0.05, 0) is 17.7 Å². The van der Waals surface area contributed by atoms with Crippen LogP contribution < -0.4 is 0 Å². The van der Waals surface area contributed by atoms with Crippen LogP contribution in [-0.2, 0) is 26.5 Å². The molecule has 2 atom stereocenters. The third-order valence-electron chi connectivity index (χ3n) is 6.02. The number of ether oxygens (including phenoxy) is 1. The van der Waals surface area contributed by atoms with E-state index in [2.05, 4.69) is 17.0 Å². The number of ketones is 1. The van der Waals surface area contributed by atoms with Gasteiger partial charge in [-0.25, -0.2) is 9.18 Å². The van der Waals surface area contributed by atoms with E-state index >= 15 is 0 Å². The van der Waals surface area contributed by atoms with Crippen LogP contribution in [-0.4, -0.2) is 29.7 Å². The van der Waals surface area contributed by atoms with Gasteiger partial charge in [0, 0.05) is 49.8 Å². The van der Waals surface area contributed by atoms with Crippen LogP contribution >= 0.6 is 11.6 Å². The Morgan fingerprint density at radius 1 is 1.29 bits per heavy atom. The molecule has 2 aromatic carbocycles. The Morgan fingerprint density at radius 3 is 2.71 bits per heavy atom. The van der Waals surface area contributed by atoms with Gasteiger partial charge in [-0.3, -0.25) is 9.69 Å². The predicted octanol–water partition coefficient (Wildman–Crippen LogP) is 5.09. The zero-order valence-corrected chi connectivity index (χ0v) is 18.1. The number of fused-ring (bicyclic) bond motifs is 1. The molecule has 0 N–H and O–H groups in total. The smallest absolute Gasteiger partial charge is 0.375 e. The fraction of sp³-hybridized carbons (Fsp3) is 0.333. The van der Waals surface area contributed by atoms with E-state index in [-0.39, 0.29) is 10.9 Å². The van der Waals surface area contributed by atoms with E-state index in [0.29, 0.717) is 36.0 Å². The largest absolute Gasteiger partial charge is 0.464 e. The molecule has 1 aromatic heterocycles. The third-order valence-corrected chi connectivity index (χ3v) is 6.41. The summed E-state index contributed by atoms with van der Waals surface area (Å²) in [5.41, 5.74) is 0.730. The molecule has 7 heteroatoms. The van der Waals surface area contributed by atoms with Gasteiger partial charge in [0.15, 0.2) is 0 Å². The molecule has 3 aromatic rings. The van der Waals surface area contributed by atoms with E-state index < -0.39 is 23.2 Å². The number of hydrogen-bond acceptors (Lipinski definition) is 5. The van der Waals surface area contributed by atoms with Crippen LogP contribution in [0.4, 0.5) is 4.39 Å². The van der Waals surface area contributed by atoms with E-state index in [4.69, 9.17) is 20.8 Å². The number of Topliss-reactive ketones (excluding diaryl/α,β-unsaturated/α-hetero) is 1. The quantitative estimate of drug-likeness (QED) is 0.406. The molecular weight excluding hydrogens is 421 g/mol. The van der Waals surface area contributed by atoms with Crippen molar-refractivity contribution in [1.82, 2.24) is 4.90 Å². The predicted molar refractivity (Wildman–Crippen MR) is 115 cm³/mol. The van der Waals surface area contributed by atoms with E-state index in [1.807, 2.05) is 25.1 Å². The summed E-state index contributed by atoms with van der Waals surface area (Å²) in [6, 6.07) is 12.9. The highest BCUT2D eigenvalue weighted by Gasteiger charge is 2.48. The number of furan rings is 1. The molecule has 4 rings (SSSR count). The van der Waals surface area contributed by atoms with Gasteiger partial charge in [0.1, 0.15) is 17.0 Å². The lowest BCUT2D eigenvalue weighted by Gasteiger charge is -2.46. The van der Waals surface area contributed by atoms with Crippen molar-refractivity contribution in [2.75, 3.05) is 13.1 Å². The number of nitrogens with zero attached hydrogens (tertiary/aromatic N) is 1. The number of rotatable bonds is 5. The van der Waals surface area contributed by atoms with Crippen molar-refractivity contribution >= 4 is 34.3 Å². The molecular formula is C24H23ClFNO4. The zero-order valence-electron chi connectivity index (χ0n) is 17.4. The lowest BCUT2D eigenvalue weighted by molar-refractivity contribution is -0.178. The van der Waals surface area contributed by atoms with E-state index in [1.54, 1.807) is 6.07 Å². The number of hydrogen-bond donors (Lipinski definition) is 0. The maximum atomic E-state index is 14.7. The zero-order chi connectivity index (χ0) is 22.2. The summed E-state index contributed by atoms with van der Waals surface area (Å²) in [5, 5.41) is 0.364. The summed E-state index contributed by atoms with van der Waals surface area (Å²) >= 11 is 6.12. The van der Waals surface area contributed by atoms with Gasteiger partial charge >= 0.3 is 5.97 Å². The maximum Gasteiger partial charge on any atom is 0.375 e. The van der Waals surface area contributed by atoms with Crippen molar-refractivity contribution in [3.63, 3.8) is 0 Å². The summed E-state index contributed by atoms with van der Waals surface area (Å²) in [5.74, 6) is -2.51. The monoisotopic (exact) mass is 443 g/mol. The number of carbonyl (C=O) groups is 2. The standard InChI is InChI=1S/C24H23ClFNO4/c1-15-13-27(14-17-6-4-3-5-7-17)10-9-24(15,31-23(29)16(2)28)19-12-20(26)21(25)18-8-11-30-22(18)19/h3-8,11-12,15H,9-10,13-14H2,1-2H3. The molecule has 0 radical (unpaired) electrons. The molecule has 162 valence electrons. The maximum absolute atomic E-state index is 14.7. The topological polar surface area (TPSA) is 59.8 Å². The number of carbonyl (C=O) groups excluding carboxylic acids is 2. The Hall–Kier alpha value is -2.70. The van der Waals surface area contributed by atoms with Gasteiger partial charge in [0.25, 0.3) is 0 Å². The molecule has 2 heterocycles. The van der Waals surface area contributed by atoms with Crippen LogP contribution in [0.3, 0.4) is 0 Å². The van der Waals surface area contributed by atoms with Crippen molar-refractivity contribution in [2.24, 2.45) is 5.92 Å². The van der Waals surface area contributed by atoms with E-state index in [9.17, 15) is 14.0 Å². The molecule has 0 bridgehead atoms. The van der Waals surface area contributed by atoms with Crippen LogP contribution in [0.5, 0.6) is 0 Å². The summed E-state index contributed by atoms with van der Waals surface area (Å²) in [6.45, 7) is 5.03. The third kappa shape index (κ3) is 3.98. The fourth-order valence-electron chi connectivity index (χ4n) is 4.42. The van der Waals surface area contributed by atoms with Gasteiger partial charge in [0.2, 0.25) is 5.78 Å². The highest BCUT2D eigenvalue weighted by Crippen LogP contribution is 2.46. The Bertz CT molecular complexity index is 1130. The van der Waals surface area contributed by atoms with Gasteiger partial charge in [-0.1, -0.05) is 48.9 Å². The number of halogens is 2. The second-order valence-corrected chi connectivity index (χ2v) is 8.47. The van der Waals surface area contributed by atoms with Crippen molar-refractivity contribution in [2.45, 2.75) is 32.4 Å². The minimum absolute atomic E-state index is 0.0466. The second-order valence-electron chi connectivity index (χ2n) is 8.09. The Balaban J connectivity index is 1.74. The first-order chi connectivity index (χ1) is 14.8. The van der Waals surface area contributed by atoms with E-state index in [0.717, 1.165) is 13.5 Å². The van der Waals surface area contributed by atoms with Gasteiger partial charge in [0.05, 0.1) is 11.3 Å². The Kier molecular flexibility index (Phi) is 5.86. The molecule has 31 heavy (non-hydrogen) atoms. The summed E-state index contributed by atoms with van der Waals surface area (Å²) in [4.78, 5) is 26.4. The normalized spacial score (nSPS) is 21.9. The van der Waals surface area contributed by atoms with Crippen LogP contribution in [0, 0.1) is 11.7 Å². The Morgan fingerprint density at radius 2 is 2.03 bits per heavy atom. The van der Waals surface area contributed by atoms with Crippen molar-refractivity contribution in [3.8, 4) is 0 Å². The molecule has 1 aliphatic rings. The molecule has 1 saturated heterocycles. The van der Waals surface area contributed by atoms with Crippen LogP contribution in [0.15, 0.2) is 53.1 Å². The highest BCUT2D eigenvalue weighted by atomic mass is 35.5. The average molecular weight is 444 g/mol. The van der Waals surface area contributed by atoms with Gasteiger partial charge in [-0.15, -0.1) is 0 Å². The lowest BCUT2D eigenvalue weighted by atomic mass is 9.75. The van der Waals surface area contributed by atoms with Crippen LogP contribution in [0.1, 0.15) is 31.4 Å². The second kappa shape index (κ2) is 8.44. The molecule has 0 amide bonds. The number of likely N-dealkylation sites (tertiary alicyclic amines) is 1. The van der Waals surface area contributed by atoms with Gasteiger partial charge < -0.3 is 9.15 Å². The van der Waals surface area contributed by atoms with Crippen LogP contribution in [0.25, 0.3) is 11.0 Å². The fourth-order valence-corrected chi connectivity index (χ4v) is 4.62. The summed E-state index contributed by atoms with van der Waals surface area (Å²) in [7, 11) is 0. The first-order valence-electron chi connectivity index (χ1n) is 10.2. The molecule has 2 unspecified atom stereocenters. The lowest BCUT2D eigenvalue weighted by Crippen LogP contribution is -2.51. The molecule has 5 nitrogen and oxygen atoms in total.